The summed E-state index contributed by atoms with van der Waals surface area (Å²) in [6.45, 7) is 1.48. The van der Waals surface area contributed by atoms with E-state index in [-0.39, 0.29) is 6.61 Å². The summed E-state index contributed by atoms with van der Waals surface area (Å²) in [5.74, 6) is 6.42. The molecule has 0 aliphatic heterocycles. The number of hydrogen-bond acceptors (Lipinski definition) is 8. The average Bonchev–Trinajstić information content (AvgIpc) is 2.86. The van der Waals surface area contributed by atoms with Crippen LogP contribution in [0.5, 0.6) is 0 Å². The molecule has 5 N–H and O–H groups in total. The number of hydrogen-bond donors (Lipinski definition) is 4. The van der Waals surface area contributed by atoms with E-state index in [1.165, 1.54) is 11.3 Å². The fourth-order valence-corrected chi connectivity index (χ4v) is 2.23. The highest BCUT2D eigenvalue weighted by Crippen LogP contribution is 2.25. The summed E-state index contributed by atoms with van der Waals surface area (Å²) in [7, 11) is 0. The highest BCUT2D eigenvalue weighted by molar-refractivity contribution is 7.16. The number of aromatic nitrogens is 2. The van der Waals surface area contributed by atoms with Gasteiger partial charge in [-0.2, -0.15) is 4.98 Å². The average molecular weight is 269 g/mol. The molecule has 0 saturated carbocycles. The smallest absolute Gasteiger partial charge is 0.240 e. The molecule has 2 aromatic heterocycles. The van der Waals surface area contributed by atoms with E-state index in [0.29, 0.717) is 25.7 Å². The summed E-state index contributed by atoms with van der Waals surface area (Å²) >= 11 is 1.53. The van der Waals surface area contributed by atoms with Crippen LogP contribution in [0.3, 0.4) is 0 Å². The molecule has 0 saturated heterocycles. The molecule has 2 rings (SSSR count). The first-order chi connectivity index (χ1) is 8.85. The van der Waals surface area contributed by atoms with Crippen LogP contribution >= 0.6 is 11.3 Å². The van der Waals surface area contributed by atoms with Gasteiger partial charge in [0.15, 0.2) is 0 Å². The van der Waals surface area contributed by atoms with Crippen molar-refractivity contribution in [1.82, 2.24) is 9.97 Å². The van der Waals surface area contributed by atoms with Gasteiger partial charge in [0.25, 0.3) is 0 Å². The Morgan fingerprint density at radius 3 is 3.06 bits per heavy atom. The summed E-state index contributed by atoms with van der Waals surface area (Å²) in [5, 5.41) is 14.6. The Morgan fingerprint density at radius 2 is 2.28 bits per heavy atom. The Bertz CT molecular complexity index is 504. The van der Waals surface area contributed by atoms with Gasteiger partial charge in [0.05, 0.1) is 25.2 Å². The van der Waals surface area contributed by atoms with Crippen molar-refractivity contribution >= 4 is 33.3 Å². The van der Waals surface area contributed by atoms with Gasteiger partial charge in [-0.25, -0.2) is 10.8 Å². The molecule has 0 spiro atoms. The van der Waals surface area contributed by atoms with Gasteiger partial charge in [0.2, 0.25) is 5.95 Å². The summed E-state index contributed by atoms with van der Waals surface area (Å²) in [6.07, 6.45) is 0. The maximum absolute atomic E-state index is 8.58. The zero-order chi connectivity index (χ0) is 12.8. The zero-order valence-corrected chi connectivity index (χ0v) is 10.5. The maximum Gasteiger partial charge on any atom is 0.240 e. The molecule has 0 bridgehead atoms. The van der Waals surface area contributed by atoms with Crippen molar-refractivity contribution < 1.29 is 9.84 Å². The third-order valence-electron chi connectivity index (χ3n) is 2.23. The van der Waals surface area contributed by atoms with E-state index in [9.17, 15) is 0 Å². The van der Waals surface area contributed by atoms with E-state index in [2.05, 4.69) is 20.7 Å². The number of nitrogen functional groups attached to an aromatic ring is 1. The van der Waals surface area contributed by atoms with Gasteiger partial charge in [0.1, 0.15) is 10.6 Å². The number of thiophene rings is 1. The van der Waals surface area contributed by atoms with Crippen LogP contribution in [0.4, 0.5) is 11.8 Å². The molecular weight excluding hydrogens is 254 g/mol. The van der Waals surface area contributed by atoms with Gasteiger partial charge >= 0.3 is 0 Å². The highest BCUT2D eigenvalue weighted by atomic mass is 32.1. The molecule has 98 valence electrons. The predicted molar refractivity (Wildman–Crippen MR) is 71.6 cm³/mol. The lowest BCUT2D eigenvalue weighted by atomic mass is 10.4. The molecule has 7 nitrogen and oxygen atoms in total. The van der Waals surface area contributed by atoms with Crippen molar-refractivity contribution in [2.75, 3.05) is 37.1 Å². The summed E-state index contributed by atoms with van der Waals surface area (Å²) in [4.78, 5) is 9.36. The van der Waals surface area contributed by atoms with E-state index in [4.69, 9.17) is 15.7 Å². The molecule has 2 aromatic rings. The van der Waals surface area contributed by atoms with Gasteiger partial charge in [-0.05, 0) is 11.4 Å². The van der Waals surface area contributed by atoms with E-state index in [0.717, 1.165) is 16.0 Å². The number of aliphatic hydroxyl groups is 1. The highest BCUT2D eigenvalue weighted by Gasteiger charge is 2.07. The third kappa shape index (κ3) is 3.05. The standard InChI is InChI=1S/C10H15N5O2S/c11-15-10-13-8(12-2-4-17-5-3-16)7-1-6-18-9(7)14-10/h1,6,16H,2-5,11H2,(H2,12,13,14,15). The number of nitrogens with zero attached hydrogens (tertiary/aromatic N) is 2. The number of anilines is 2. The Kier molecular flexibility index (Phi) is 4.65. The number of fused-ring (bicyclic) bond motifs is 1. The summed E-state index contributed by atoms with van der Waals surface area (Å²) < 4.78 is 5.16. The largest absolute Gasteiger partial charge is 0.394 e. The van der Waals surface area contributed by atoms with E-state index < -0.39 is 0 Å². The van der Waals surface area contributed by atoms with Crippen molar-refractivity contribution in [1.29, 1.82) is 0 Å². The Morgan fingerprint density at radius 1 is 1.39 bits per heavy atom. The first kappa shape index (κ1) is 13.0. The van der Waals surface area contributed by atoms with Crippen LogP contribution in [0.1, 0.15) is 0 Å². The minimum Gasteiger partial charge on any atom is -0.394 e. The van der Waals surface area contributed by atoms with Gasteiger partial charge < -0.3 is 15.2 Å². The molecule has 0 aliphatic rings. The third-order valence-corrected chi connectivity index (χ3v) is 3.04. The lowest BCUT2D eigenvalue weighted by Gasteiger charge is -2.08. The van der Waals surface area contributed by atoms with Crippen molar-refractivity contribution in [2.24, 2.45) is 5.84 Å². The number of aliphatic hydroxyl groups excluding tert-OH is 1. The number of nitrogens with two attached hydrogens (primary N) is 1. The number of ether oxygens (including phenoxy) is 1. The zero-order valence-electron chi connectivity index (χ0n) is 9.72. The molecule has 18 heavy (non-hydrogen) atoms. The molecule has 8 heteroatoms. The lowest BCUT2D eigenvalue weighted by Crippen LogP contribution is -2.15. The minimum absolute atomic E-state index is 0.0313. The Labute approximate surface area is 108 Å². The quantitative estimate of drug-likeness (QED) is 0.327. The summed E-state index contributed by atoms with van der Waals surface area (Å²) in [6, 6.07) is 1.96. The fraction of sp³-hybridized carbons (Fsp3) is 0.400. The van der Waals surface area contributed by atoms with Crippen molar-refractivity contribution in [3.63, 3.8) is 0 Å². The van der Waals surface area contributed by atoms with Crippen LogP contribution < -0.4 is 16.6 Å². The predicted octanol–water partition coefficient (Wildman–Crippen LogP) is 0.398. The molecule has 0 amide bonds. The maximum atomic E-state index is 8.58. The van der Waals surface area contributed by atoms with E-state index in [1.807, 2.05) is 11.4 Å². The Hall–Kier alpha value is -1.48. The molecule has 0 aromatic carbocycles. The van der Waals surface area contributed by atoms with Crippen LogP contribution in [-0.4, -0.2) is 41.4 Å². The SMILES string of the molecule is NNc1nc(NCCOCCO)c2ccsc2n1. The molecule has 0 fully saturated rings. The van der Waals surface area contributed by atoms with Gasteiger partial charge in [-0.1, -0.05) is 0 Å². The Balaban J connectivity index is 2.04. The second-order valence-electron chi connectivity index (χ2n) is 3.44. The minimum atomic E-state index is 0.0313. The topological polar surface area (TPSA) is 105 Å². The van der Waals surface area contributed by atoms with E-state index >= 15 is 0 Å². The number of nitrogens with one attached hydrogen (secondary N) is 2. The molecule has 0 unspecified atom stereocenters. The van der Waals surface area contributed by atoms with Gasteiger partial charge in [0, 0.05) is 6.54 Å². The second-order valence-corrected chi connectivity index (χ2v) is 4.34. The van der Waals surface area contributed by atoms with E-state index in [1.54, 1.807) is 0 Å². The lowest BCUT2D eigenvalue weighted by molar-refractivity contribution is 0.0992. The van der Waals surface area contributed by atoms with Crippen LogP contribution in [0, 0.1) is 0 Å². The molecule has 2 heterocycles. The second kappa shape index (κ2) is 6.45. The van der Waals surface area contributed by atoms with Gasteiger partial charge in [-0.3, -0.25) is 5.43 Å². The van der Waals surface area contributed by atoms with Gasteiger partial charge in [-0.15, -0.1) is 11.3 Å². The summed E-state index contributed by atoms with van der Waals surface area (Å²) in [5.41, 5.74) is 2.44. The van der Waals surface area contributed by atoms with Crippen molar-refractivity contribution in [3.05, 3.63) is 11.4 Å². The monoisotopic (exact) mass is 269 g/mol. The first-order valence-corrected chi connectivity index (χ1v) is 6.37. The van der Waals surface area contributed by atoms with Crippen molar-refractivity contribution in [3.8, 4) is 0 Å². The van der Waals surface area contributed by atoms with Crippen LogP contribution in [-0.2, 0) is 4.74 Å². The molecule has 0 atom stereocenters. The first-order valence-electron chi connectivity index (χ1n) is 5.49. The molecule has 0 aliphatic carbocycles. The van der Waals surface area contributed by atoms with Crippen LogP contribution in [0.25, 0.3) is 10.2 Å². The number of rotatable bonds is 7. The number of hydrazine groups is 1. The van der Waals surface area contributed by atoms with Crippen molar-refractivity contribution in [2.45, 2.75) is 0 Å². The normalized spacial score (nSPS) is 10.8. The molecule has 0 radical (unpaired) electrons. The molecular formula is C10H15N5O2S. The van der Waals surface area contributed by atoms with Crippen LogP contribution in [0.2, 0.25) is 0 Å². The van der Waals surface area contributed by atoms with Crippen LogP contribution in [0.15, 0.2) is 11.4 Å². The fourth-order valence-electron chi connectivity index (χ4n) is 1.46.